The fourth-order valence-corrected chi connectivity index (χ4v) is 7.68. The van der Waals surface area contributed by atoms with Crippen molar-refractivity contribution in [3.05, 3.63) is 0 Å². The lowest BCUT2D eigenvalue weighted by Crippen LogP contribution is -2.51. The van der Waals surface area contributed by atoms with E-state index in [1.807, 2.05) is 0 Å². The summed E-state index contributed by atoms with van der Waals surface area (Å²) in [6.45, 7) is 11.0. The SMILES string of the molecule is CCC(C)(C)O[Si](OC(C)C)(C1CC1)C1CC1. The molecule has 2 aliphatic rings. The van der Waals surface area contributed by atoms with E-state index in [9.17, 15) is 0 Å². The van der Waals surface area contributed by atoms with E-state index in [-0.39, 0.29) is 5.60 Å². The molecule has 0 heterocycles. The third-order valence-corrected chi connectivity index (χ3v) is 9.14. The molecule has 0 bridgehead atoms. The molecule has 3 heteroatoms. The molecule has 0 atom stereocenters. The second-order valence-electron chi connectivity index (χ2n) is 6.65. The topological polar surface area (TPSA) is 18.5 Å². The van der Waals surface area contributed by atoms with Gasteiger partial charge in [-0.05, 0) is 59.8 Å². The lowest BCUT2D eigenvalue weighted by molar-refractivity contribution is 0.0303. The van der Waals surface area contributed by atoms with Crippen LogP contribution in [0, 0.1) is 0 Å². The van der Waals surface area contributed by atoms with E-state index in [1.165, 1.54) is 25.7 Å². The highest BCUT2D eigenvalue weighted by molar-refractivity contribution is 6.72. The van der Waals surface area contributed by atoms with Gasteiger partial charge >= 0.3 is 8.56 Å². The molecule has 2 aliphatic carbocycles. The lowest BCUT2D eigenvalue weighted by atomic mass is 10.1. The third-order valence-electron chi connectivity index (χ3n) is 4.00. The van der Waals surface area contributed by atoms with Gasteiger partial charge in [-0.1, -0.05) is 6.92 Å². The van der Waals surface area contributed by atoms with Crippen LogP contribution in [0.1, 0.15) is 66.7 Å². The molecule has 0 aromatic carbocycles. The Morgan fingerprint density at radius 2 is 1.59 bits per heavy atom. The first-order valence-corrected chi connectivity index (χ1v) is 9.24. The Morgan fingerprint density at radius 1 is 1.12 bits per heavy atom. The smallest absolute Gasteiger partial charge is 0.345 e. The molecule has 2 nitrogen and oxygen atoms in total. The third kappa shape index (κ3) is 3.12. The van der Waals surface area contributed by atoms with Crippen LogP contribution < -0.4 is 0 Å². The summed E-state index contributed by atoms with van der Waals surface area (Å²) in [6.07, 6.45) is 6.76. The molecular formula is C14H28O2Si. The first-order chi connectivity index (χ1) is 7.89. The van der Waals surface area contributed by atoms with E-state index in [2.05, 4.69) is 34.6 Å². The molecule has 0 aromatic heterocycles. The summed E-state index contributed by atoms with van der Waals surface area (Å²) in [4.78, 5) is 0. The Bertz CT molecular complexity index is 255. The summed E-state index contributed by atoms with van der Waals surface area (Å²) < 4.78 is 13.1. The minimum Gasteiger partial charge on any atom is -0.391 e. The number of rotatable bonds is 7. The Labute approximate surface area is 107 Å². The fourth-order valence-electron chi connectivity index (χ4n) is 2.56. The van der Waals surface area contributed by atoms with Gasteiger partial charge < -0.3 is 8.85 Å². The average molecular weight is 256 g/mol. The maximum absolute atomic E-state index is 6.65. The number of hydrogen-bond donors (Lipinski definition) is 0. The van der Waals surface area contributed by atoms with Crippen molar-refractivity contribution in [3.8, 4) is 0 Å². The maximum atomic E-state index is 6.65. The minimum absolute atomic E-state index is 0.00765. The first-order valence-electron chi connectivity index (χ1n) is 7.27. The molecule has 0 saturated heterocycles. The second-order valence-corrected chi connectivity index (χ2v) is 10.2. The van der Waals surface area contributed by atoms with Gasteiger partial charge in [0.1, 0.15) is 0 Å². The normalized spacial score (nSPS) is 22.2. The van der Waals surface area contributed by atoms with E-state index in [1.54, 1.807) is 0 Å². The van der Waals surface area contributed by atoms with Crippen molar-refractivity contribution in [2.75, 3.05) is 0 Å². The van der Waals surface area contributed by atoms with Crippen molar-refractivity contribution < 1.29 is 8.85 Å². The van der Waals surface area contributed by atoms with Gasteiger partial charge in [0.05, 0.1) is 5.60 Å². The summed E-state index contributed by atoms with van der Waals surface area (Å²) in [5.74, 6) is 0. The molecule has 2 saturated carbocycles. The van der Waals surface area contributed by atoms with E-state index >= 15 is 0 Å². The molecule has 17 heavy (non-hydrogen) atoms. The largest absolute Gasteiger partial charge is 0.391 e. The zero-order chi connectivity index (χ0) is 12.7. The van der Waals surface area contributed by atoms with Crippen LogP contribution in [0.3, 0.4) is 0 Å². The fraction of sp³-hybridized carbons (Fsp3) is 1.00. The maximum Gasteiger partial charge on any atom is 0.345 e. The van der Waals surface area contributed by atoms with Crippen molar-refractivity contribution >= 4 is 8.56 Å². The van der Waals surface area contributed by atoms with Crippen molar-refractivity contribution in [2.24, 2.45) is 0 Å². The van der Waals surface area contributed by atoms with Gasteiger partial charge in [-0.3, -0.25) is 0 Å². The van der Waals surface area contributed by atoms with Crippen molar-refractivity contribution in [3.63, 3.8) is 0 Å². The predicted molar refractivity (Wildman–Crippen MR) is 73.4 cm³/mol. The zero-order valence-corrected chi connectivity index (χ0v) is 13.1. The Balaban J connectivity index is 2.15. The quantitative estimate of drug-likeness (QED) is 0.629. The molecule has 0 N–H and O–H groups in total. The van der Waals surface area contributed by atoms with Gasteiger partial charge in [-0.2, -0.15) is 0 Å². The molecule has 0 spiro atoms. The molecular weight excluding hydrogens is 228 g/mol. The molecule has 0 aromatic rings. The van der Waals surface area contributed by atoms with Gasteiger partial charge in [0.25, 0.3) is 0 Å². The molecule has 0 aliphatic heterocycles. The average Bonchev–Trinajstić information content (AvgIpc) is 3.04. The lowest BCUT2D eigenvalue weighted by Gasteiger charge is -2.40. The second kappa shape index (κ2) is 4.67. The molecule has 0 unspecified atom stereocenters. The Kier molecular flexibility index (Phi) is 3.73. The van der Waals surface area contributed by atoms with Gasteiger partial charge in [0, 0.05) is 17.2 Å². The van der Waals surface area contributed by atoms with E-state index in [0.29, 0.717) is 6.10 Å². The van der Waals surface area contributed by atoms with Crippen LogP contribution in [0.4, 0.5) is 0 Å². The summed E-state index contributed by atoms with van der Waals surface area (Å²) in [5.41, 5.74) is 1.55. The summed E-state index contributed by atoms with van der Waals surface area (Å²) in [7, 11) is -1.95. The molecule has 2 rings (SSSR count). The van der Waals surface area contributed by atoms with Crippen LogP contribution in [-0.2, 0) is 8.85 Å². The van der Waals surface area contributed by atoms with Crippen LogP contribution in [0.5, 0.6) is 0 Å². The van der Waals surface area contributed by atoms with Crippen molar-refractivity contribution in [1.82, 2.24) is 0 Å². The Hall–Kier alpha value is 0.137. The van der Waals surface area contributed by atoms with Crippen LogP contribution in [0.25, 0.3) is 0 Å². The van der Waals surface area contributed by atoms with Gasteiger partial charge in [0.2, 0.25) is 0 Å². The van der Waals surface area contributed by atoms with Crippen LogP contribution in [0.2, 0.25) is 11.1 Å². The number of hydrogen-bond acceptors (Lipinski definition) is 2. The van der Waals surface area contributed by atoms with Crippen molar-refractivity contribution in [2.45, 2.75) is 89.5 Å². The van der Waals surface area contributed by atoms with Gasteiger partial charge in [0.15, 0.2) is 0 Å². The van der Waals surface area contributed by atoms with Gasteiger partial charge in [-0.25, -0.2) is 0 Å². The highest BCUT2D eigenvalue weighted by atomic mass is 28.4. The van der Waals surface area contributed by atoms with Crippen LogP contribution >= 0.6 is 0 Å². The summed E-state index contributed by atoms with van der Waals surface area (Å²) in [5, 5.41) is 0. The van der Waals surface area contributed by atoms with Gasteiger partial charge in [-0.15, -0.1) is 0 Å². The Morgan fingerprint density at radius 3 is 1.88 bits per heavy atom. The van der Waals surface area contributed by atoms with Crippen LogP contribution in [-0.4, -0.2) is 20.3 Å². The molecule has 0 amide bonds. The van der Waals surface area contributed by atoms with E-state index < -0.39 is 8.56 Å². The highest BCUT2D eigenvalue weighted by Crippen LogP contribution is 2.60. The monoisotopic (exact) mass is 256 g/mol. The summed E-state index contributed by atoms with van der Waals surface area (Å²) in [6, 6.07) is 0. The molecule has 100 valence electrons. The first kappa shape index (κ1) is 13.6. The highest BCUT2D eigenvalue weighted by Gasteiger charge is 2.62. The molecule has 2 fully saturated rings. The standard InChI is InChI=1S/C14H28O2Si/c1-6-14(4,5)16-17(12-7-8-12,13-9-10-13)15-11(2)3/h11-13H,6-10H2,1-5H3. The van der Waals surface area contributed by atoms with Crippen LogP contribution in [0.15, 0.2) is 0 Å². The van der Waals surface area contributed by atoms with E-state index in [4.69, 9.17) is 8.85 Å². The van der Waals surface area contributed by atoms with E-state index in [0.717, 1.165) is 17.5 Å². The zero-order valence-electron chi connectivity index (χ0n) is 12.1. The summed E-state index contributed by atoms with van der Waals surface area (Å²) >= 11 is 0. The van der Waals surface area contributed by atoms with Crippen molar-refractivity contribution in [1.29, 1.82) is 0 Å². The minimum atomic E-state index is -1.95. The predicted octanol–water partition coefficient (Wildman–Crippen LogP) is 4.39. The molecule has 0 radical (unpaired) electrons.